The largest absolute Gasteiger partial charge is 0.449 e. The number of amides is 1. The second kappa shape index (κ2) is 7.50. The van der Waals surface area contributed by atoms with Gasteiger partial charge in [-0.3, -0.25) is 4.79 Å². The van der Waals surface area contributed by atoms with Crippen LogP contribution in [0.15, 0.2) is 23.1 Å². The SMILES string of the molecule is C[C@@H](OC(=O)c1ccc(Cl)c(S(N)(=O)=O)c1)C(=O)NC1CCCC1. The van der Waals surface area contributed by atoms with Crippen LogP contribution in [0.2, 0.25) is 5.02 Å². The molecule has 2 rings (SSSR count). The van der Waals surface area contributed by atoms with E-state index in [0.29, 0.717) is 0 Å². The van der Waals surface area contributed by atoms with Crippen LogP contribution in [-0.2, 0) is 19.6 Å². The highest BCUT2D eigenvalue weighted by Gasteiger charge is 2.24. The molecule has 1 aromatic rings. The Hall–Kier alpha value is -1.64. The van der Waals surface area contributed by atoms with Crippen molar-refractivity contribution in [2.75, 3.05) is 0 Å². The Labute approximate surface area is 145 Å². The predicted octanol–water partition coefficient (Wildman–Crippen LogP) is 1.59. The average molecular weight is 375 g/mol. The highest BCUT2D eigenvalue weighted by molar-refractivity contribution is 7.89. The van der Waals surface area contributed by atoms with Crippen LogP contribution in [0.5, 0.6) is 0 Å². The molecule has 132 valence electrons. The molecule has 0 heterocycles. The third-order valence-corrected chi connectivity index (χ3v) is 5.22. The fourth-order valence-electron chi connectivity index (χ4n) is 2.52. The molecule has 7 nitrogen and oxygen atoms in total. The molecule has 9 heteroatoms. The Bertz CT molecular complexity index is 744. The standard InChI is InChI=1S/C15H19ClN2O5S/c1-9(14(19)18-11-4-2-3-5-11)23-15(20)10-6-7-12(16)13(8-10)24(17,21)22/h6-9,11H,2-5H2,1H3,(H,18,19)(H2,17,21,22)/t9-/m1/s1. The molecular formula is C15H19ClN2O5S. The summed E-state index contributed by atoms with van der Waals surface area (Å²) in [5.41, 5.74) is -0.0519. The van der Waals surface area contributed by atoms with E-state index in [1.165, 1.54) is 19.1 Å². The summed E-state index contributed by atoms with van der Waals surface area (Å²) in [6.45, 7) is 1.46. The van der Waals surface area contributed by atoms with Crippen LogP contribution >= 0.6 is 11.6 Å². The van der Waals surface area contributed by atoms with Gasteiger partial charge in [-0.15, -0.1) is 0 Å². The molecule has 0 aliphatic heterocycles. The van der Waals surface area contributed by atoms with E-state index in [4.69, 9.17) is 21.5 Å². The summed E-state index contributed by atoms with van der Waals surface area (Å²) in [6, 6.07) is 3.69. The molecule has 3 N–H and O–H groups in total. The van der Waals surface area contributed by atoms with Gasteiger partial charge in [-0.1, -0.05) is 24.4 Å². The van der Waals surface area contributed by atoms with E-state index < -0.39 is 22.1 Å². The van der Waals surface area contributed by atoms with E-state index >= 15 is 0 Å². The van der Waals surface area contributed by atoms with Crippen LogP contribution in [0, 0.1) is 0 Å². The second-order valence-electron chi connectivity index (χ2n) is 5.73. The summed E-state index contributed by atoms with van der Waals surface area (Å²) in [5, 5.41) is 7.77. The van der Waals surface area contributed by atoms with Crippen molar-refractivity contribution in [2.24, 2.45) is 5.14 Å². The van der Waals surface area contributed by atoms with Crippen LogP contribution in [0.3, 0.4) is 0 Å². The molecule has 1 saturated carbocycles. The summed E-state index contributed by atoms with van der Waals surface area (Å²) in [6.07, 6.45) is 2.98. The topological polar surface area (TPSA) is 116 Å². The van der Waals surface area contributed by atoms with E-state index in [0.717, 1.165) is 31.7 Å². The Morgan fingerprint density at radius 3 is 2.54 bits per heavy atom. The fourth-order valence-corrected chi connectivity index (χ4v) is 3.59. The van der Waals surface area contributed by atoms with E-state index in [-0.39, 0.29) is 27.4 Å². The number of hydrogen-bond donors (Lipinski definition) is 2. The molecule has 0 aromatic heterocycles. The maximum Gasteiger partial charge on any atom is 0.338 e. The number of esters is 1. The van der Waals surface area contributed by atoms with Gasteiger partial charge in [0.25, 0.3) is 5.91 Å². The molecule has 1 aliphatic carbocycles. The van der Waals surface area contributed by atoms with Crippen LogP contribution in [0.25, 0.3) is 0 Å². The Balaban J connectivity index is 2.05. The first-order chi connectivity index (χ1) is 11.2. The summed E-state index contributed by atoms with van der Waals surface area (Å²) in [7, 11) is -4.07. The van der Waals surface area contributed by atoms with Crippen LogP contribution in [0.1, 0.15) is 43.0 Å². The Morgan fingerprint density at radius 2 is 1.96 bits per heavy atom. The lowest BCUT2D eigenvalue weighted by Crippen LogP contribution is -2.40. The van der Waals surface area contributed by atoms with Crippen molar-refractivity contribution in [2.45, 2.75) is 49.6 Å². The van der Waals surface area contributed by atoms with Gasteiger partial charge in [0.1, 0.15) is 4.90 Å². The van der Waals surface area contributed by atoms with Gasteiger partial charge in [-0.05, 0) is 38.0 Å². The number of sulfonamides is 1. The number of primary sulfonamides is 1. The Morgan fingerprint density at radius 1 is 1.33 bits per heavy atom. The van der Waals surface area contributed by atoms with Gasteiger partial charge < -0.3 is 10.1 Å². The maximum atomic E-state index is 12.1. The zero-order valence-corrected chi connectivity index (χ0v) is 14.7. The van der Waals surface area contributed by atoms with E-state index in [1.807, 2.05) is 0 Å². The first-order valence-electron chi connectivity index (χ1n) is 7.52. The van der Waals surface area contributed by atoms with Crippen molar-refractivity contribution in [1.29, 1.82) is 0 Å². The molecule has 0 radical (unpaired) electrons. The second-order valence-corrected chi connectivity index (χ2v) is 7.66. The van der Waals surface area contributed by atoms with Crippen LogP contribution in [0.4, 0.5) is 0 Å². The van der Waals surface area contributed by atoms with Crippen LogP contribution < -0.4 is 10.5 Å². The van der Waals surface area contributed by atoms with E-state index in [1.54, 1.807) is 0 Å². The lowest BCUT2D eigenvalue weighted by molar-refractivity contribution is -0.129. The van der Waals surface area contributed by atoms with Crippen molar-refractivity contribution in [3.8, 4) is 0 Å². The van der Waals surface area contributed by atoms with Gasteiger partial charge in [0.15, 0.2) is 6.10 Å². The average Bonchev–Trinajstić information content (AvgIpc) is 2.99. The first kappa shape index (κ1) is 18.7. The van der Waals surface area contributed by atoms with Gasteiger partial charge in [0.2, 0.25) is 10.0 Å². The number of hydrogen-bond acceptors (Lipinski definition) is 5. The smallest absolute Gasteiger partial charge is 0.338 e. The highest BCUT2D eigenvalue weighted by Crippen LogP contribution is 2.22. The number of nitrogens with two attached hydrogens (primary N) is 1. The maximum absolute atomic E-state index is 12.1. The molecule has 1 aliphatic rings. The van der Waals surface area contributed by atoms with Crippen molar-refractivity contribution < 1.29 is 22.7 Å². The van der Waals surface area contributed by atoms with Gasteiger partial charge >= 0.3 is 5.97 Å². The monoisotopic (exact) mass is 374 g/mol. The number of carbonyl (C=O) groups excluding carboxylic acids is 2. The first-order valence-corrected chi connectivity index (χ1v) is 9.44. The summed E-state index contributed by atoms with van der Waals surface area (Å²) >= 11 is 5.76. The number of benzene rings is 1. The van der Waals surface area contributed by atoms with Crippen LogP contribution in [-0.4, -0.2) is 32.4 Å². The van der Waals surface area contributed by atoms with Crippen molar-refractivity contribution in [1.82, 2.24) is 5.32 Å². The number of rotatable bonds is 5. The minimum atomic E-state index is -4.07. The zero-order chi connectivity index (χ0) is 17.9. The predicted molar refractivity (Wildman–Crippen MR) is 88.1 cm³/mol. The number of nitrogens with one attached hydrogen (secondary N) is 1. The Kier molecular flexibility index (Phi) is 5.84. The normalized spacial score (nSPS) is 16.6. The quantitative estimate of drug-likeness (QED) is 0.759. The van der Waals surface area contributed by atoms with E-state index in [2.05, 4.69) is 5.32 Å². The number of ether oxygens (including phenoxy) is 1. The minimum Gasteiger partial charge on any atom is -0.449 e. The van der Waals surface area contributed by atoms with Crippen molar-refractivity contribution >= 4 is 33.5 Å². The molecular weight excluding hydrogens is 356 g/mol. The van der Waals surface area contributed by atoms with Gasteiger partial charge in [-0.25, -0.2) is 18.4 Å². The van der Waals surface area contributed by atoms with E-state index in [9.17, 15) is 18.0 Å². The molecule has 1 atom stereocenters. The van der Waals surface area contributed by atoms with Gasteiger partial charge in [0.05, 0.1) is 10.6 Å². The molecule has 1 fully saturated rings. The van der Waals surface area contributed by atoms with Gasteiger partial charge in [0, 0.05) is 6.04 Å². The molecule has 1 aromatic carbocycles. The van der Waals surface area contributed by atoms with Crippen molar-refractivity contribution in [3.63, 3.8) is 0 Å². The third kappa shape index (κ3) is 4.68. The molecule has 0 unspecified atom stereocenters. The summed E-state index contributed by atoms with van der Waals surface area (Å²) in [4.78, 5) is 23.8. The molecule has 1 amide bonds. The molecule has 24 heavy (non-hydrogen) atoms. The minimum absolute atomic E-state index is 0.0519. The lowest BCUT2D eigenvalue weighted by Gasteiger charge is -2.17. The van der Waals surface area contributed by atoms with Crippen molar-refractivity contribution in [3.05, 3.63) is 28.8 Å². The zero-order valence-electron chi connectivity index (χ0n) is 13.1. The summed E-state index contributed by atoms with van der Waals surface area (Å²) in [5.74, 6) is -1.21. The third-order valence-electron chi connectivity index (χ3n) is 3.83. The fraction of sp³-hybridized carbons (Fsp3) is 0.467. The van der Waals surface area contributed by atoms with Gasteiger partial charge in [-0.2, -0.15) is 0 Å². The number of carbonyl (C=O) groups is 2. The lowest BCUT2D eigenvalue weighted by atomic mass is 10.2. The summed E-state index contributed by atoms with van der Waals surface area (Å²) < 4.78 is 27.9. The number of halogens is 1. The molecule has 0 saturated heterocycles. The molecule has 0 bridgehead atoms. The highest BCUT2D eigenvalue weighted by atomic mass is 35.5. The molecule has 0 spiro atoms.